The highest BCUT2D eigenvalue weighted by molar-refractivity contribution is 7.92. The molecule has 118 valence electrons. The predicted octanol–water partition coefficient (Wildman–Crippen LogP) is 3.17. The van der Waals surface area contributed by atoms with Crippen LogP contribution in [0.4, 0.5) is 5.69 Å². The molecule has 0 amide bonds. The van der Waals surface area contributed by atoms with Gasteiger partial charge in [-0.3, -0.25) is 4.72 Å². The van der Waals surface area contributed by atoms with Crippen LogP contribution in [-0.2, 0) is 16.4 Å². The van der Waals surface area contributed by atoms with Gasteiger partial charge in [0, 0.05) is 17.0 Å². The van der Waals surface area contributed by atoms with Crippen molar-refractivity contribution in [2.24, 2.45) is 0 Å². The number of benzene rings is 1. The van der Waals surface area contributed by atoms with E-state index in [4.69, 9.17) is 5.26 Å². The van der Waals surface area contributed by atoms with E-state index < -0.39 is 10.0 Å². The summed E-state index contributed by atoms with van der Waals surface area (Å²) in [4.78, 5) is 7.09. The zero-order valence-corrected chi connectivity index (χ0v) is 14.2. The molecule has 0 saturated heterocycles. The van der Waals surface area contributed by atoms with E-state index >= 15 is 0 Å². The molecule has 0 radical (unpaired) electrons. The Morgan fingerprint density at radius 3 is 2.87 bits per heavy atom. The second-order valence-electron chi connectivity index (χ2n) is 5.03. The number of aromatic amines is 1. The molecule has 3 rings (SSSR count). The number of H-pyrrole nitrogens is 1. The number of hydrogen-bond acceptors (Lipinski definition) is 5. The number of thiazole rings is 1. The number of fused-ring (bicyclic) bond motifs is 1. The van der Waals surface area contributed by atoms with Crippen LogP contribution in [0.25, 0.3) is 10.9 Å². The molecular weight excluding hydrogens is 332 g/mol. The van der Waals surface area contributed by atoms with E-state index in [2.05, 4.69) is 20.8 Å². The van der Waals surface area contributed by atoms with E-state index in [1.807, 2.05) is 13.8 Å². The molecule has 0 aliphatic carbocycles. The Morgan fingerprint density at radius 2 is 2.22 bits per heavy atom. The van der Waals surface area contributed by atoms with Crippen LogP contribution in [0.2, 0.25) is 0 Å². The Labute approximate surface area is 137 Å². The molecule has 0 aliphatic rings. The second kappa shape index (κ2) is 5.68. The molecule has 0 unspecified atom stereocenters. The average Bonchev–Trinajstić information content (AvgIpc) is 3.16. The van der Waals surface area contributed by atoms with Crippen LogP contribution in [0.15, 0.2) is 28.7 Å². The SMILES string of the molecule is CCc1nc(S(=O)(=O)Nc2ccc(C)c3c(C#N)c[nH]c23)cs1. The summed E-state index contributed by atoms with van der Waals surface area (Å²) in [6.07, 6.45) is 2.27. The quantitative estimate of drug-likeness (QED) is 0.758. The predicted molar refractivity (Wildman–Crippen MR) is 90.1 cm³/mol. The summed E-state index contributed by atoms with van der Waals surface area (Å²) in [7, 11) is -3.76. The maximum Gasteiger partial charge on any atom is 0.280 e. The van der Waals surface area contributed by atoms with Crippen molar-refractivity contribution in [3.8, 4) is 6.07 Å². The van der Waals surface area contributed by atoms with Crippen molar-refractivity contribution in [1.82, 2.24) is 9.97 Å². The molecule has 0 aliphatic heterocycles. The van der Waals surface area contributed by atoms with Crippen molar-refractivity contribution in [3.63, 3.8) is 0 Å². The topological polar surface area (TPSA) is 98.6 Å². The van der Waals surface area contributed by atoms with Crippen molar-refractivity contribution >= 4 is 38.0 Å². The van der Waals surface area contributed by atoms with Crippen LogP contribution in [0, 0.1) is 18.3 Å². The standard InChI is InChI=1S/C15H14N4O2S2/c1-3-12-18-13(8-22-12)23(20,21)19-11-5-4-9(2)14-10(6-16)7-17-15(11)14/h4-5,7-8,17,19H,3H2,1-2H3. The van der Waals surface area contributed by atoms with Crippen LogP contribution >= 0.6 is 11.3 Å². The third kappa shape index (κ3) is 2.69. The second-order valence-corrected chi connectivity index (χ2v) is 7.60. The molecule has 2 heterocycles. The molecule has 23 heavy (non-hydrogen) atoms. The van der Waals surface area contributed by atoms with Crippen LogP contribution in [-0.4, -0.2) is 18.4 Å². The monoisotopic (exact) mass is 346 g/mol. The van der Waals surface area contributed by atoms with E-state index in [9.17, 15) is 8.42 Å². The van der Waals surface area contributed by atoms with Gasteiger partial charge in [-0.25, -0.2) is 4.98 Å². The van der Waals surface area contributed by atoms with Gasteiger partial charge in [0.1, 0.15) is 6.07 Å². The molecule has 0 bridgehead atoms. The van der Waals surface area contributed by atoms with Gasteiger partial charge < -0.3 is 4.98 Å². The van der Waals surface area contributed by atoms with Crippen LogP contribution in [0.1, 0.15) is 23.1 Å². The molecule has 2 aromatic heterocycles. The lowest BCUT2D eigenvalue weighted by Gasteiger charge is -2.08. The molecule has 6 nitrogen and oxygen atoms in total. The summed E-state index contributed by atoms with van der Waals surface area (Å²) in [5, 5.41) is 12.2. The van der Waals surface area contributed by atoms with Gasteiger partial charge in [0.25, 0.3) is 10.0 Å². The lowest BCUT2D eigenvalue weighted by molar-refractivity contribution is 0.598. The van der Waals surface area contributed by atoms with E-state index in [0.717, 1.165) is 16.0 Å². The summed E-state index contributed by atoms with van der Waals surface area (Å²) >= 11 is 1.32. The number of nitriles is 1. The van der Waals surface area contributed by atoms with Gasteiger partial charge in [0.2, 0.25) is 0 Å². The number of nitrogens with one attached hydrogen (secondary N) is 2. The Balaban J connectivity index is 2.06. The van der Waals surface area contributed by atoms with E-state index in [-0.39, 0.29) is 5.03 Å². The Bertz CT molecular complexity index is 1030. The van der Waals surface area contributed by atoms with Crippen molar-refractivity contribution in [1.29, 1.82) is 5.26 Å². The summed E-state index contributed by atoms with van der Waals surface area (Å²) in [6.45, 7) is 3.80. The average molecular weight is 346 g/mol. The van der Waals surface area contributed by atoms with Crippen LogP contribution in [0.5, 0.6) is 0 Å². The fourth-order valence-corrected chi connectivity index (χ4v) is 4.48. The highest BCUT2D eigenvalue weighted by Gasteiger charge is 2.20. The lowest BCUT2D eigenvalue weighted by Crippen LogP contribution is -2.13. The molecule has 0 fully saturated rings. The summed E-state index contributed by atoms with van der Waals surface area (Å²) in [6, 6.07) is 5.57. The Hall–Kier alpha value is -2.37. The number of aryl methyl sites for hydroxylation is 2. The molecule has 0 spiro atoms. The highest BCUT2D eigenvalue weighted by Crippen LogP contribution is 2.30. The number of anilines is 1. The number of sulfonamides is 1. The Morgan fingerprint density at radius 1 is 1.43 bits per heavy atom. The fourth-order valence-electron chi connectivity index (χ4n) is 2.37. The molecule has 1 aromatic carbocycles. The number of nitrogens with zero attached hydrogens (tertiary/aromatic N) is 2. The van der Waals surface area contributed by atoms with Crippen molar-refractivity contribution < 1.29 is 8.42 Å². The third-order valence-electron chi connectivity index (χ3n) is 3.52. The third-order valence-corrected chi connectivity index (χ3v) is 5.91. The minimum Gasteiger partial charge on any atom is -0.358 e. The van der Waals surface area contributed by atoms with Crippen molar-refractivity contribution in [2.45, 2.75) is 25.3 Å². The Kier molecular flexibility index (Phi) is 3.83. The largest absolute Gasteiger partial charge is 0.358 e. The smallest absolute Gasteiger partial charge is 0.280 e. The van der Waals surface area contributed by atoms with Gasteiger partial charge in [-0.15, -0.1) is 11.3 Å². The number of hydrogen-bond donors (Lipinski definition) is 2. The summed E-state index contributed by atoms with van der Waals surface area (Å²) in [5.41, 5.74) is 2.39. The van der Waals surface area contributed by atoms with Gasteiger partial charge in [-0.2, -0.15) is 13.7 Å². The first-order valence-corrected chi connectivity index (χ1v) is 9.30. The zero-order valence-electron chi connectivity index (χ0n) is 12.5. The van der Waals surface area contributed by atoms with Crippen LogP contribution in [0.3, 0.4) is 0 Å². The lowest BCUT2D eigenvalue weighted by atomic mass is 10.1. The fraction of sp³-hybridized carbons (Fsp3) is 0.200. The first-order chi connectivity index (χ1) is 11.0. The zero-order chi connectivity index (χ0) is 16.6. The van der Waals surface area contributed by atoms with Crippen molar-refractivity contribution in [3.05, 3.63) is 39.8 Å². The van der Waals surface area contributed by atoms with Crippen LogP contribution < -0.4 is 4.72 Å². The highest BCUT2D eigenvalue weighted by atomic mass is 32.2. The molecule has 3 aromatic rings. The summed E-state index contributed by atoms with van der Waals surface area (Å²) in [5.74, 6) is 0. The first kappa shape index (κ1) is 15.5. The van der Waals surface area contributed by atoms with Gasteiger partial charge in [0.15, 0.2) is 5.03 Å². The van der Waals surface area contributed by atoms with E-state index in [1.165, 1.54) is 16.7 Å². The number of rotatable bonds is 4. The maximum absolute atomic E-state index is 12.5. The minimum atomic E-state index is -3.76. The minimum absolute atomic E-state index is 0.0140. The summed E-state index contributed by atoms with van der Waals surface area (Å²) < 4.78 is 27.5. The van der Waals surface area contributed by atoms with Gasteiger partial charge in [-0.1, -0.05) is 13.0 Å². The molecule has 2 N–H and O–H groups in total. The molecule has 8 heteroatoms. The van der Waals surface area contributed by atoms with Gasteiger partial charge in [-0.05, 0) is 25.0 Å². The number of aromatic nitrogens is 2. The van der Waals surface area contributed by atoms with E-state index in [0.29, 0.717) is 23.2 Å². The van der Waals surface area contributed by atoms with Crippen molar-refractivity contribution in [2.75, 3.05) is 4.72 Å². The van der Waals surface area contributed by atoms with Gasteiger partial charge in [0.05, 0.1) is 21.8 Å². The molecule has 0 saturated carbocycles. The maximum atomic E-state index is 12.5. The van der Waals surface area contributed by atoms with Gasteiger partial charge >= 0.3 is 0 Å². The molecular formula is C15H14N4O2S2. The molecule has 0 atom stereocenters. The normalized spacial score (nSPS) is 11.5. The first-order valence-electron chi connectivity index (χ1n) is 6.94. The van der Waals surface area contributed by atoms with E-state index in [1.54, 1.807) is 18.3 Å².